The van der Waals surface area contributed by atoms with Gasteiger partial charge in [0.15, 0.2) is 5.60 Å². The van der Waals surface area contributed by atoms with Gasteiger partial charge in [-0.05, 0) is 37.5 Å². The topological polar surface area (TPSA) is 48.1 Å². The van der Waals surface area contributed by atoms with Crippen molar-refractivity contribution in [1.29, 1.82) is 0 Å². The third-order valence-corrected chi connectivity index (χ3v) is 4.00. The molecule has 1 fully saturated rings. The lowest BCUT2D eigenvalue weighted by Gasteiger charge is -2.07. The van der Waals surface area contributed by atoms with Crippen LogP contribution in [0.1, 0.15) is 45.6 Å². The minimum atomic E-state index is -0.782. The molecule has 0 amide bonds. The highest BCUT2D eigenvalue weighted by atomic mass is 16.7. The molecular formula is C19H26O4. The van der Waals surface area contributed by atoms with Gasteiger partial charge in [0.1, 0.15) is 11.9 Å². The highest BCUT2D eigenvalue weighted by Crippen LogP contribution is 2.42. The van der Waals surface area contributed by atoms with Crippen LogP contribution in [0.2, 0.25) is 0 Å². The highest BCUT2D eigenvalue weighted by Gasteiger charge is 2.61. The van der Waals surface area contributed by atoms with Crippen LogP contribution in [0.15, 0.2) is 30.3 Å². The molecule has 1 aliphatic heterocycles. The van der Waals surface area contributed by atoms with Gasteiger partial charge in [0.05, 0.1) is 13.2 Å². The molecule has 1 heterocycles. The standard InChI is InChI=1S/C19H26O4/c1-4-7-14-22-16-11-8-15(9-12-16)10-13-17-19(5-2,23-17)18(20)21-6-3/h8-13,17H,4-7,14H2,1-3H3. The summed E-state index contributed by atoms with van der Waals surface area (Å²) in [5.41, 5.74) is 0.271. The maximum atomic E-state index is 12.0. The molecule has 1 saturated heterocycles. The number of hydrogen-bond donors (Lipinski definition) is 0. The Morgan fingerprint density at radius 1 is 1.26 bits per heavy atom. The van der Waals surface area contributed by atoms with Crippen molar-refractivity contribution in [3.8, 4) is 5.75 Å². The molecule has 4 nitrogen and oxygen atoms in total. The summed E-state index contributed by atoms with van der Waals surface area (Å²) in [4.78, 5) is 12.0. The fraction of sp³-hybridized carbons (Fsp3) is 0.526. The summed E-state index contributed by atoms with van der Waals surface area (Å²) in [6.07, 6.45) is 6.50. The quantitative estimate of drug-likeness (QED) is 0.392. The second kappa shape index (κ2) is 8.16. The Hall–Kier alpha value is -1.81. The molecule has 2 atom stereocenters. The molecule has 0 spiro atoms. The van der Waals surface area contributed by atoms with E-state index in [4.69, 9.17) is 14.2 Å². The smallest absolute Gasteiger partial charge is 0.341 e. The number of ether oxygens (including phenoxy) is 3. The molecule has 0 N–H and O–H groups in total. The maximum absolute atomic E-state index is 12.0. The van der Waals surface area contributed by atoms with Crippen LogP contribution in [0, 0.1) is 0 Å². The molecule has 0 aliphatic carbocycles. The van der Waals surface area contributed by atoms with E-state index in [1.807, 2.05) is 43.3 Å². The number of rotatable bonds is 9. The highest BCUT2D eigenvalue weighted by molar-refractivity contribution is 5.84. The predicted octanol–water partition coefficient (Wildman–Crippen LogP) is 3.99. The fourth-order valence-electron chi connectivity index (χ4n) is 2.44. The molecule has 23 heavy (non-hydrogen) atoms. The van der Waals surface area contributed by atoms with E-state index in [0.717, 1.165) is 30.8 Å². The van der Waals surface area contributed by atoms with E-state index in [1.54, 1.807) is 6.92 Å². The summed E-state index contributed by atoms with van der Waals surface area (Å²) < 4.78 is 16.3. The van der Waals surface area contributed by atoms with Gasteiger partial charge in [0.2, 0.25) is 0 Å². The SMILES string of the molecule is CCCCOc1ccc(C=CC2OC2(CC)C(=O)OCC)cc1. The molecule has 1 aromatic rings. The van der Waals surface area contributed by atoms with Crippen LogP contribution in [0.4, 0.5) is 0 Å². The summed E-state index contributed by atoms with van der Waals surface area (Å²) in [5, 5.41) is 0. The van der Waals surface area contributed by atoms with Crippen LogP contribution >= 0.6 is 0 Å². The van der Waals surface area contributed by atoms with Gasteiger partial charge in [-0.25, -0.2) is 4.79 Å². The zero-order chi connectivity index (χ0) is 16.7. The predicted molar refractivity (Wildman–Crippen MR) is 90.4 cm³/mol. The van der Waals surface area contributed by atoms with E-state index in [9.17, 15) is 4.79 Å². The molecule has 0 radical (unpaired) electrons. The lowest BCUT2D eigenvalue weighted by molar-refractivity contribution is -0.149. The van der Waals surface area contributed by atoms with Gasteiger partial charge in [0, 0.05) is 0 Å². The Morgan fingerprint density at radius 2 is 2.00 bits per heavy atom. The first-order valence-corrected chi connectivity index (χ1v) is 8.42. The fourth-order valence-corrected chi connectivity index (χ4v) is 2.44. The maximum Gasteiger partial charge on any atom is 0.341 e. The molecule has 4 heteroatoms. The monoisotopic (exact) mass is 318 g/mol. The van der Waals surface area contributed by atoms with E-state index in [0.29, 0.717) is 13.0 Å². The summed E-state index contributed by atoms with van der Waals surface area (Å²) >= 11 is 0. The van der Waals surface area contributed by atoms with Gasteiger partial charge in [-0.2, -0.15) is 0 Å². The molecule has 126 valence electrons. The number of hydrogen-bond acceptors (Lipinski definition) is 4. The third-order valence-electron chi connectivity index (χ3n) is 4.00. The molecule has 0 saturated carbocycles. The molecular weight excluding hydrogens is 292 g/mol. The number of unbranched alkanes of at least 4 members (excludes halogenated alkanes) is 1. The molecule has 2 unspecified atom stereocenters. The van der Waals surface area contributed by atoms with E-state index in [-0.39, 0.29) is 12.1 Å². The molecule has 1 aromatic carbocycles. The Bertz CT molecular complexity index is 535. The van der Waals surface area contributed by atoms with E-state index in [1.165, 1.54) is 0 Å². The number of esters is 1. The van der Waals surface area contributed by atoms with Gasteiger partial charge in [0.25, 0.3) is 0 Å². The lowest BCUT2D eigenvalue weighted by Crippen LogP contribution is -2.28. The van der Waals surface area contributed by atoms with Gasteiger partial charge in [-0.15, -0.1) is 0 Å². The van der Waals surface area contributed by atoms with E-state index < -0.39 is 5.60 Å². The Balaban J connectivity index is 1.90. The third kappa shape index (κ3) is 4.35. The van der Waals surface area contributed by atoms with Gasteiger partial charge >= 0.3 is 5.97 Å². The average Bonchev–Trinajstić information content (AvgIpc) is 3.29. The normalized spacial score (nSPS) is 23.0. The van der Waals surface area contributed by atoms with Crippen LogP contribution in [0.5, 0.6) is 5.75 Å². The van der Waals surface area contributed by atoms with Crippen molar-refractivity contribution < 1.29 is 19.0 Å². The largest absolute Gasteiger partial charge is 0.494 e. The number of carbonyl (C=O) groups excluding carboxylic acids is 1. The van der Waals surface area contributed by atoms with Crippen molar-refractivity contribution in [2.24, 2.45) is 0 Å². The minimum Gasteiger partial charge on any atom is -0.494 e. The minimum absolute atomic E-state index is 0.202. The van der Waals surface area contributed by atoms with E-state index in [2.05, 4.69) is 6.92 Å². The second-order valence-corrected chi connectivity index (χ2v) is 5.63. The summed E-state index contributed by atoms with van der Waals surface area (Å²) in [6, 6.07) is 7.92. The van der Waals surface area contributed by atoms with E-state index >= 15 is 0 Å². The van der Waals surface area contributed by atoms with Crippen LogP contribution in [-0.2, 0) is 14.3 Å². The van der Waals surface area contributed by atoms with Crippen molar-refractivity contribution in [2.75, 3.05) is 13.2 Å². The average molecular weight is 318 g/mol. The van der Waals surface area contributed by atoms with Crippen LogP contribution in [-0.4, -0.2) is 30.9 Å². The Labute approximate surface area is 138 Å². The molecule has 1 aliphatic rings. The number of benzene rings is 1. The van der Waals surface area contributed by atoms with Crippen molar-refractivity contribution in [3.63, 3.8) is 0 Å². The summed E-state index contributed by atoms with van der Waals surface area (Å²) in [5.74, 6) is 0.615. The van der Waals surface area contributed by atoms with Gasteiger partial charge < -0.3 is 14.2 Å². The van der Waals surface area contributed by atoms with Crippen LogP contribution in [0.25, 0.3) is 6.08 Å². The first-order chi connectivity index (χ1) is 11.2. The lowest BCUT2D eigenvalue weighted by atomic mass is 10.0. The Morgan fingerprint density at radius 3 is 2.61 bits per heavy atom. The number of carbonyl (C=O) groups is 1. The van der Waals surface area contributed by atoms with Crippen molar-refractivity contribution in [2.45, 2.75) is 51.7 Å². The van der Waals surface area contributed by atoms with Crippen molar-refractivity contribution >= 4 is 12.0 Å². The van der Waals surface area contributed by atoms with Gasteiger partial charge in [-0.3, -0.25) is 0 Å². The number of epoxide rings is 1. The first kappa shape index (κ1) is 17.5. The van der Waals surface area contributed by atoms with Crippen molar-refractivity contribution in [1.82, 2.24) is 0 Å². The zero-order valence-corrected chi connectivity index (χ0v) is 14.2. The Kier molecular flexibility index (Phi) is 6.22. The summed E-state index contributed by atoms with van der Waals surface area (Å²) in [7, 11) is 0. The zero-order valence-electron chi connectivity index (χ0n) is 14.2. The first-order valence-electron chi connectivity index (χ1n) is 8.42. The second-order valence-electron chi connectivity index (χ2n) is 5.63. The molecule has 0 bridgehead atoms. The van der Waals surface area contributed by atoms with Crippen LogP contribution < -0.4 is 4.74 Å². The van der Waals surface area contributed by atoms with Crippen molar-refractivity contribution in [3.05, 3.63) is 35.9 Å². The van der Waals surface area contributed by atoms with Crippen LogP contribution in [0.3, 0.4) is 0 Å². The van der Waals surface area contributed by atoms with Gasteiger partial charge in [-0.1, -0.05) is 44.6 Å². The summed E-state index contributed by atoms with van der Waals surface area (Å²) in [6.45, 7) is 7.01. The molecule has 0 aromatic heterocycles. The molecule has 2 rings (SSSR count).